The van der Waals surface area contributed by atoms with Crippen LogP contribution in [0.4, 0.5) is 10.5 Å². The van der Waals surface area contributed by atoms with Gasteiger partial charge in [0.2, 0.25) is 0 Å². The lowest BCUT2D eigenvalue weighted by Gasteiger charge is -2.13. The van der Waals surface area contributed by atoms with Gasteiger partial charge in [-0.25, -0.2) is 4.79 Å². The summed E-state index contributed by atoms with van der Waals surface area (Å²) < 4.78 is 10.4. The molecule has 1 saturated heterocycles. The van der Waals surface area contributed by atoms with Gasteiger partial charge in [-0.3, -0.25) is 9.69 Å². The molecule has 3 rings (SSSR count). The lowest BCUT2D eigenvalue weighted by Crippen LogP contribution is -2.23. The van der Waals surface area contributed by atoms with Gasteiger partial charge in [-0.1, -0.05) is 30.3 Å². The van der Waals surface area contributed by atoms with E-state index in [9.17, 15) is 9.59 Å². The molecule has 0 spiro atoms. The van der Waals surface area contributed by atoms with Crippen molar-refractivity contribution < 1.29 is 19.1 Å². The van der Waals surface area contributed by atoms with E-state index in [1.54, 1.807) is 30.3 Å². The smallest absolute Gasteiger partial charge is 0.414 e. The molecule has 5 heteroatoms. The number of ketones is 1. The van der Waals surface area contributed by atoms with Crippen LogP contribution in [0.2, 0.25) is 0 Å². The van der Waals surface area contributed by atoms with E-state index in [0.717, 1.165) is 11.3 Å². The van der Waals surface area contributed by atoms with Crippen molar-refractivity contribution >= 4 is 23.6 Å². The SMILES string of the molecule is CCOc1cccc(/C=C/C(=O)c2cccc(N3CCOC3=O)c2)c1. The molecule has 2 aromatic rings. The second kappa shape index (κ2) is 7.66. The number of nitrogens with zero attached hydrogens (tertiary/aromatic N) is 1. The molecule has 5 nitrogen and oxygen atoms in total. The largest absolute Gasteiger partial charge is 0.494 e. The fourth-order valence-electron chi connectivity index (χ4n) is 2.60. The van der Waals surface area contributed by atoms with Crippen molar-refractivity contribution in [2.45, 2.75) is 6.92 Å². The van der Waals surface area contributed by atoms with Crippen LogP contribution in [0.15, 0.2) is 54.6 Å². The minimum Gasteiger partial charge on any atom is -0.494 e. The van der Waals surface area contributed by atoms with Crippen LogP contribution >= 0.6 is 0 Å². The number of rotatable bonds is 6. The number of carbonyl (C=O) groups is 2. The Hall–Kier alpha value is -3.08. The number of hydrogen-bond acceptors (Lipinski definition) is 4. The molecular formula is C20H19NO4. The van der Waals surface area contributed by atoms with Crippen molar-refractivity contribution in [1.29, 1.82) is 0 Å². The summed E-state index contributed by atoms with van der Waals surface area (Å²) in [6.07, 6.45) is 2.89. The summed E-state index contributed by atoms with van der Waals surface area (Å²) in [6.45, 7) is 3.39. The zero-order chi connectivity index (χ0) is 17.6. The highest BCUT2D eigenvalue weighted by Gasteiger charge is 2.23. The van der Waals surface area contributed by atoms with Gasteiger partial charge in [-0.15, -0.1) is 0 Å². The van der Waals surface area contributed by atoms with Gasteiger partial charge in [0.25, 0.3) is 0 Å². The van der Waals surface area contributed by atoms with E-state index in [4.69, 9.17) is 9.47 Å². The molecule has 0 unspecified atom stereocenters. The van der Waals surface area contributed by atoms with E-state index >= 15 is 0 Å². The Balaban J connectivity index is 1.75. The Morgan fingerprint density at radius 1 is 1.24 bits per heavy atom. The Labute approximate surface area is 146 Å². The lowest BCUT2D eigenvalue weighted by molar-refractivity contribution is 0.104. The molecule has 1 fully saturated rings. The van der Waals surface area contributed by atoms with Crippen molar-refractivity contribution in [2.75, 3.05) is 24.7 Å². The molecule has 25 heavy (non-hydrogen) atoms. The van der Waals surface area contributed by atoms with Gasteiger partial charge in [-0.05, 0) is 42.8 Å². The van der Waals surface area contributed by atoms with E-state index in [1.165, 1.54) is 11.0 Å². The summed E-state index contributed by atoms with van der Waals surface area (Å²) in [6, 6.07) is 14.5. The summed E-state index contributed by atoms with van der Waals surface area (Å²) >= 11 is 0. The topological polar surface area (TPSA) is 55.8 Å². The summed E-state index contributed by atoms with van der Waals surface area (Å²) in [5, 5.41) is 0. The molecule has 0 radical (unpaired) electrons. The number of ether oxygens (including phenoxy) is 2. The molecular weight excluding hydrogens is 318 g/mol. The van der Waals surface area contributed by atoms with Crippen molar-refractivity contribution in [1.82, 2.24) is 0 Å². The van der Waals surface area contributed by atoms with Gasteiger partial charge in [0.1, 0.15) is 12.4 Å². The van der Waals surface area contributed by atoms with E-state index < -0.39 is 0 Å². The van der Waals surface area contributed by atoms with Crippen LogP contribution in [-0.4, -0.2) is 31.6 Å². The summed E-state index contributed by atoms with van der Waals surface area (Å²) in [5.41, 5.74) is 2.08. The van der Waals surface area contributed by atoms with Crippen LogP contribution in [-0.2, 0) is 4.74 Å². The second-order valence-corrected chi connectivity index (χ2v) is 5.52. The number of amides is 1. The third-order valence-electron chi connectivity index (χ3n) is 3.80. The van der Waals surface area contributed by atoms with Crippen LogP contribution in [0.3, 0.4) is 0 Å². The second-order valence-electron chi connectivity index (χ2n) is 5.52. The highest BCUT2D eigenvalue weighted by molar-refractivity contribution is 6.07. The number of hydrogen-bond donors (Lipinski definition) is 0. The van der Waals surface area contributed by atoms with E-state index in [0.29, 0.717) is 31.0 Å². The van der Waals surface area contributed by atoms with Crippen LogP contribution < -0.4 is 9.64 Å². The Kier molecular flexibility index (Phi) is 5.14. The number of cyclic esters (lactones) is 1. The fraction of sp³-hybridized carbons (Fsp3) is 0.200. The maximum Gasteiger partial charge on any atom is 0.414 e. The van der Waals surface area contributed by atoms with Gasteiger partial charge >= 0.3 is 6.09 Å². The van der Waals surface area contributed by atoms with Gasteiger partial charge in [0.15, 0.2) is 5.78 Å². The van der Waals surface area contributed by atoms with E-state index in [-0.39, 0.29) is 11.9 Å². The first-order valence-electron chi connectivity index (χ1n) is 8.17. The van der Waals surface area contributed by atoms with Crippen molar-refractivity contribution in [2.24, 2.45) is 0 Å². The van der Waals surface area contributed by atoms with Gasteiger partial charge in [-0.2, -0.15) is 0 Å². The maximum absolute atomic E-state index is 12.4. The average Bonchev–Trinajstić information content (AvgIpc) is 3.06. The van der Waals surface area contributed by atoms with Crippen molar-refractivity contribution in [3.05, 3.63) is 65.7 Å². The zero-order valence-electron chi connectivity index (χ0n) is 14.0. The fourth-order valence-corrected chi connectivity index (χ4v) is 2.60. The third-order valence-corrected chi connectivity index (χ3v) is 3.80. The highest BCUT2D eigenvalue weighted by atomic mass is 16.6. The monoisotopic (exact) mass is 337 g/mol. The first kappa shape index (κ1) is 16.8. The lowest BCUT2D eigenvalue weighted by atomic mass is 10.1. The van der Waals surface area contributed by atoms with Crippen molar-refractivity contribution in [3.63, 3.8) is 0 Å². The predicted molar refractivity (Wildman–Crippen MR) is 96.1 cm³/mol. The third kappa shape index (κ3) is 4.07. The first-order chi connectivity index (χ1) is 12.2. The number of benzene rings is 2. The minimum atomic E-state index is -0.382. The summed E-state index contributed by atoms with van der Waals surface area (Å²) in [7, 11) is 0. The normalized spacial score (nSPS) is 14.0. The molecule has 0 aliphatic carbocycles. The molecule has 0 saturated carbocycles. The number of carbonyl (C=O) groups excluding carboxylic acids is 2. The van der Waals surface area contributed by atoms with Crippen LogP contribution in [0.5, 0.6) is 5.75 Å². The van der Waals surface area contributed by atoms with Crippen LogP contribution in [0, 0.1) is 0 Å². The molecule has 1 aliphatic rings. The standard InChI is InChI=1S/C20H19NO4/c1-2-24-18-8-3-5-15(13-18)9-10-19(22)16-6-4-7-17(14-16)21-11-12-25-20(21)23/h3-10,13-14H,2,11-12H2,1H3/b10-9+. The number of anilines is 1. The molecule has 1 aliphatic heterocycles. The van der Waals surface area contributed by atoms with E-state index in [1.807, 2.05) is 31.2 Å². The van der Waals surface area contributed by atoms with Gasteiger partial charge < -0.3 is 9.47 Å². The van der Waals surface area contributed by atoms with Crippen LogP contribution in [0.1, 0.15) is 22.8 Å². The average molecular weight is 337 g/mol. The molecule has 128 valence electrons. The van der Waals surface area contributed by atoms with Gasteiger partial charge in [0, 0.05) is 11.3 Å². The maximum atomic E-state index is 12.4. The molecule has 0 aromatic heterocycles. The quantitative estimate of drug-likeness (QED) is 0.592. The number of allylic oxidation sites excluding steroid dienone is 1. The molecule has 1 amide bonds. The van der Waals surface area contributed by atoms with Crippen LogP contribution in [0.25, 0.3) is 6.08 Å². The molecule has 0 N–H and O–H groups in total. The first-order valence-corrected chi connectivity index (χ1v) is 8.17. The Bertz CT molecular complexity index is 813. The minimum absolute atomic E-state index is 0.128. The molecule has 1 heterocycles. The Morgan fingerprint density at radius 2 is 2.08 bits per heavy atom. The van der Waals surface area contributed by atoms with Gasteiger partial charge in [0.05, 0.1) is 13.2 Å². The molecule has 2 aromatic carbocycles. The molecule has 0 atom stereocenters. The van der Waals surface area contributed by atoms with E-state index in [2.05, 4.69) is 0 Å². The summed E-state index contributed by atoms with van der Waals surface area (Å²) in [4.78, 5) is 25.6. The Morgan fingerprint density at radius 3 is 2.84 bits per heavy atom. The van der Waals surface area contributed by atoms with Crippen molar-refractivity contribution in [3.8, 4) is 5.75 Å². The zero-order valence-corrected chi connectivity index (χ0v) is 14.0. The highest BCUT2D eigenvalue weighted by Crippen LogP contribution is 2.21. The molecule has 0 bridgehead atoms. The summed E-state index contributed by atoms with van der Waals surface area (Å²) in [5.74, 6) is 0.642. The predicted octanol–water partition coefficient (Wildman–Crippen LogP) is 3.94.